The molecule has 126 valence electrons. The Balaban J connectivity index is 1.96. The number of allylic oxidation sites excluding steroid dienone is 2. The first-order valence-electron chi connectivity index (χ1n) is 9.12. The summed E-state index contributed by atoms with van der Waals surface area (Å²) in [5, 5.41) is 10.7. The molecular weight excluding hydrogens is 284 g/mol. The second kappa shape index (κ2) is 6.22. The number of ether oxygens (including phenoxy) is 1. The van der Waals surface area contributed by atoms with E-state index < -0.39 is 0 Å². The Bertz CT molecular complexity index is 613. The highest BCUT2D eigenvalue weighted by molar-refractivity contribution is 5.52. The van der Waals surface area contributed by atoms with Crippen LogP contribution in [0.25, 0.3) is 0 Å². The van der Waals surface area contributed by atoms with Crippen LogP contribution in [0.3, 0.4) is 0 Å². The van der Waals surface area contributed by atoms with Gasteiger partial charge in [-0.05, 0) is 64.2 Å². The largest absolute Gasteiger partial charge is 0.508 e. The van der Waals surface area contributed by atoms with Crippen molar-refractivity contribution in [1.29, 1.82) is 0 Å². The van der Waals surface area contributed by atoms with Crippen LogP contribution in [0.2, 0.25) is 0 Å². The van der Waals surface area contributed by atoms with Crippen molar-refractivity contribution in [2.75, 3.05) is 0 Å². The topological polar surface area (TPSA) is 29.5 Å². The molecule has 1 aromatic rings. The molecule has 0 radical (unpaired) electrons. The van der Waals surface area contributed by atoms with E-state index in [0.29, 0.717) is 17.6 Å². The van der Waals surface area contributed by atoms with Crippen molar-refractivity contribution in [2.45, 2.75) is 77.7 Å². The van der Waals surface area contributed by atoms with E-state index >= 15 is 0 Å². The monoisotopic (exact) mass is 314 g/mol. The molecule has 0 aromatic heterocycles. The van der Waals surface area contributed by atoms with E-state index in [1.165, 1.54) is 30.4 Å². The van der Waals surface area contributed by atoms with Gasteiger partial charge in [-0.25, -0.2) is 0 Å². The average Bonchev–Trinajstić information content (AvgIpc) is 2.46. The molecule has 23 heavy (non-hydrogen) atoms. The summed E-state index contributed by atoms with van der Waals surface area (Å²) in [6.45, 7) is 8.81. The van der Waals surface area contributed by atoms with Gasteiger partial charge in [0.25, 0.3) is 0 Å². The summed E-state index contributed by atoms with van der Waals surface area (Å²) in [6.07, 6.45) is 9.06. The molecule has 1 aromatic carbocycles. The van der Waals surface area contributed by atoms with Crippen molar-refractivity contribution >= 4 is 0 Å². The number of hydrogen-bond acceptors (Lipinski definition) is 2. The van der Waals surface area contributed by atoms with Crippen LogP contribution in [0.1, 0.15) is 76.8 Å². The molecule has 1 heterocycles. The molecular formula is C21H30O2. The van der Waals surface area contributed by atoms with Gasteiger partial charge in [0.15, 0.2) is 0 Å². The summed E-state index contributed by atoms with van der Waals surface area (Å²) in [7, 11) is 0. The predicted molar refractivity (Wildman–Crippen MR) is 95.3 cm³/mol. The SMILES string of the molecule is CCCCCc1cc(O)c2c(c1)OC(C)(C)[C@H]1CC=C(C)C[C@@H]21. The molecule has 2 aliphatic rings. The molecule has 3 rings (SSSR count). The fourth-order valence-electron chi connectivity index (χ4n) is 4.34. The number of rotatable bonds is 4. The van der Waals surface area contributed by atoms with E-state index in [1.807, 2.05) is 6.07 Å². The fourth-order valence-corrected chi connectivity index (χ4v) is 4.34. The minimum Gasteiger partial charge on any atom is -0.508 e. The van der Waals surface area contributed by atoms with Gasteiger partial charge in [-0.2, -0.15) is 0 Å². The fraction of sp³-hybridized carbons (Fsp3) is 0.619. The zero-order chi connectivity index (χ0) is 16.6. The van der Waals surface area contributed by atoms with Crippen LogP contribution in [-0.2, 0) is 6.42 Å². The Morgan fingerprint density at radius 3 is 2.78 bits per heavy atom. The van der Waals surface area contributed by atoms with E-state index in [-0.39, 0.29) is 5.60 Å². The van der Waals surface area contributed by atoms with Gasteiger partial charge >= 0.3 is 0 Å². The number of aromatic hydroxyl groups is 1. The zero-order valence-electron chi connectivity index (χ0n) is 15.0. The summed E-state index contributed by atoms with van der Waals surface area (Å²) in [4.78, 5) is 0. The lowest BCUT2D eigenvalue weighted by molar-refractivity contribution is 0.00753. The number of benzene rings is 1. The predicted octanol–water partition coefficient (Wildman–Crippen LogP) is 5.74. The number of aryl methyl sites for hydroxylation is 1. The highest BCUT2D eigenvalue weighted by Gasteiger charge is 2.45. The molecule has 2 atom stereocenters. The van der Waals surface area contributed by atoms with Crippen LogP contribution in [0.4, 0.5) is 0 Å². The van der Waals surface area contributed by atoms with E-state index in [0.717, 1.165) is 30.6 Å². The standard InChI is InChI=1S/C21H30O2/c1-5-6-7-8-15-12-18(22)20-16-11-14(2)9-10-17(16)21(3,4)23-19(20)13-15/h9,12-13,16-17,22H,5-8,10-11H2,1-4H3/t16-,17+/m1/s1. The number of phenolic OH excluding ortho intramolecular Hbond substituents is 1. The highest BCUT2D eigenvalue weighted by Crippen LogP contribution is 2.54. The minimum absolute atomic E-state index is 0.177. The second-order valence-electron chi connectivity index (χ2n) is 7.89. The first kappa shape index (κ1) is 16.4. The Hall–Kier alpha value is -1.44. The van der Waals surface area contributed by atoms with E-state index in [1.54, 1.807) is 0 Å². The average molecular weight is 314 g/mol. The molecule has 0 amide bonds. The third kappa shape index (κ3) is 3.13. The van der Waals surface area contributed by atoms with Gasteiger partial charge in [-0.3, -0.25) is 0 Å². The Labute approximate surface area is 140 Å². The molecule has 2 heteroatoms. The van der Waals surface area contributed by atoms with Crippen molar-refractivity contribution in [1.82, 2.24) is 0 Å². The van der Waals surface area contributed by atoms with Gasteiger partial charge in [0.05, 0.1) is 0 Å². The van der Waals surface area contributed by atoms with E-state index in [9.17, 15) is 5.11 Å². The zero-order valence-corrected chi connectivity index (χ0v) is 15.0. The summed E-state index contributed by atoms with van der Waals surface area (Å²) < 4.78 is 6.36. The second-order valence-corrected chi connectivity index (χ2v) is 7.89. The lowest BCUT2D eigenvalue weighted by Gasteiger charge is -2.47. The minimum atomic E-state index is -0.177. The highest BCUT2D eigenvalue weighted by atomic mass is 16.5. The van der Waals surface area contributed by atoms with Gasteiger partial charge in [0.2, 0.25) is 0 Å². The lowest BCUT2D eigenvalue weighted by atomic mass is 9.67. The summed E-state index contributed by atoms with van der Waals surface area (Å²) in [5.41, 5.74) is 3.50. The molecule has 0 spiro atoms. The molecule has 1 N–H and O–H groups in total. The smallest absolute Gasteiger partial charge is 0.127 e. The molecule has 0 unspecified atom stereocenters. The van der Waals surface area contributed by atoms with Gasteiger partial charge in [0.1, 0.15) is 17.1 Å². The third-order valence-electron chi connectivity index (χ3n) is 5.63. The number of hydrogen-bond donors (Lipinski definition) is 1. The van der Waals surface area contributed by atoms with E-state index in [4.69, 9.17) is 4.74 Å². The maximum absolute atomic E-state index is 10.7. The Morgan fingerprint density at radius 2 is 2.04 bits per heavy atom. The normalized spacial score (nSPS) is 25.1. The number of unbranched alkanes of at least 4 members (excludes halogenated alkanes) is 2. The molecule has 0 fully saturated rings. The van der Waals surface area contributed by atoms with Gasteiger partial charge in [-0.1, -0.05) is 31.4 Å². The summed E-state index contributed by atoms with van der Waals surface area (Å²) in [6, 6.07) is 4.15. The van der Waals surface area contributed by atoms with Crippen molar-refractivity contribution in [3.63, 3.8) is 0 Å². The van der Waals surface area contributed by atoms with Crippen molar-refractivity contribution in [2.24, 2.45) is 5.92 Å². The van der Waals surface area contributed by atoms with Crippen LogP contribution in [0.5, 0.6) is 11.5 Å². The molecule has 1 aliphatic carbocycles. The quantitative estimate of drug-likeness (QED) is 0.567. The Kier molecular flexibility index (Phi) is 4.44. The third-order valence-corrected chi connectivity index (χ3v) is 5.63. The van der Waals surface area contributed by atoms with Crippen LogP contribution < -0.4 is 4.74 Å². The first-order valence-corrected chi connectivity index (χ1v) is 9.12. The number of phenols is 1. The van der Waals surface area contributed by atoms with Crippen molar-refractivity contribution in [3.8, 4) is 11.5 Å². The van der Waals surface area contributed by atoms with Gasteiger partial charge in [-0.15, -0.1) is 0 Å². The van der Waals surface area contributed by atoms with Gasteiger partial charge in [0, 0.05) is 17.4 Å². The lowest BCUT2D eigenvalue weighted by Crippen LogP contribution is -2.45. The van der Waals surface area contributed by atoms with Crippen LogP contribution in [-0.4, -0.2) is 10.7 Å². The maximum Gasteiger partial charge on any atom is 0.127 e. The molecule has 0 bridgehead atoms. The molecule has 0 saturated carbocycles. The maximum atomic E-state index is 10.7. The summed E-state index contributed by atoms with van der Waals surface area (Å²) in [5.74, 6) is 2.17. The summed E-state index contributed by atoms with van der Waals surface area (Å²) >= 11 is 0. The van der Waals surface area contributed by atoms with Gasteiger partial charge < -0.3 is 9.84 Å². The van der Waals surface area contributed by atoms with Crippen molar-refractivity contribution in [3.05, 3.63) is 34.9 Å². The van der Waals surface area contributed by atoms with E-state index in [2.05, 4.69) is 39.8 Å². The molecule has 0 saturated heterocycles. The Morgan fingerprint density at radius 1 is 1.26 bits per heavy atom. The van der Waals surface area contributed by atoms with Crippen LogP contribution in [0, 0.1) is 5.92 Å². The molecule has 2 nitrogen and oxygen atoms in total. The first-order chi connectivity index (χ1) is 10.9. The van der Waals surface area contributed by atoms with Crippen LogP contribution in [0.15, 0.2) is 23.8 Å². The van der Waals surface area contributed by atoms with Crippen LogP contribution >= 0.6 is 0 Å². The molecule has 1 aliphatic heterocycles. The number of fused-ring (bicyclic) bond motifs is 3. The van der Waals surface area contributed by atoms with Crippen molar-refractivity contribution < 1.29 is 9.84 Å².